The highest BCUT2D eigenvalue weighted by atomic mass is 16.5. The van der Waals surface area contributed by atoms with Gasteiger partial charge in [0.05, 0.1) is 12.7 Å². The number of fused-ring (bicyclic) bond motifs is 1. The summed E-state index contributed by atoms with van der Waals surface area (Å²) >= 11 is 0. The summed E-state index contributed by atoms with van der Waals surface area (Å²) in [5.41, 5.74) is 2.83. The van der Waals surface area contributed by atoms with Crippen molar-refractivity contribution in [2.75, 3.05) is 17.7 Å². The Hall–Kier alpha value is -3.15. The monoisotopic (exact) mass is 352 g/mol. The van der Waals surface area contributed by atoms with Gasteiger partial charge in [-0.05, 0) is 42.7 Å². The smallest absolute Gasteiger partial charge is 0.337 e. The molecule has 0 aliphatic carbocycles. The normalized spacial score (nSPS) is 15.6. The fourth-order valence-corrected chi connectivity index (χ4v) is 3.02. The van der Waals surface area contributed by atoms with Crippen molar-refractivity contribution in [2.24, 2.45) is 5.92 Å². The van der Waals surface area contributed by atoms with Crippen molar-refractivity contribution in [3.05, 3.63) is 59.7 Å². The zero-order chi connectivity index (χ0) is 18.5. The SMILES string of the molecule is COC(=O)c1cccc(NC(=O)CCC2Cc3ccccc3NC2=O)c1. The summed E-state index contributed by atoms with van der Waals surface area (Å²) in [4.78, 5) is 35.9. The van der Waals surface area contributed by atoms with Crippen LogP contribution in [0.5, 0.6) is 0 Å². The van der Waals surface area contributed by atoms with Crippen molar-refractivity contribution in [2.45, 2.75) is 19.3 Å². The number of para-hydroxylation sites is 1. The van der Waals surface area contributed by atoms with Gasteiger partial charge >= 0.3 is 5.97 Å². The molecule has 0 spiro atoms. The number of esters is 1. The summed E-state index contributed by atoms with van der Waals surface area (Å²) in [6.07, 6.45) is 1.32. The molecule has 1 atom stereocenters. The highest BCUT2D eigenvalue weighted by Crippen LogP contribution is 2.27. The van der Waals surface area contributed by atoms with E-state index in [1.807, 2.05) is 24.3 Å². The molecule has 134 valence electrons. The Balaban J connectivity index is 1.56. The van der Waals surface area contributed by atoms with Crippen LogP contribution in [0.2, 0.25) is 0 Å². The third kappa shape index (κ3) is 4.08. The van der Waals surface area contributed by atoms with Crippen LogP contribution in [0.3, 0.4) is 0 Å². The summed E-state index contributed by atoms with van der Waals surface area (Å²) in [5.74, 6) is -0.932. The molecule has 2 amide bonds. The molecule has 2 aromatic rings. The van der Waals surface area contributed by atoms with Gasteiger partial charge in [-0.1, -0.05) is 24.3 Å². The molecule has 1 aliphatic heterocycles. The lowest BCUT2D eigenvalue weighted by Gasteiger charge is -2.24. The third-order valence-electron chi connectivity index (χ3n) is 4.40. The fraction of sp³-hybridized carbons (Fsp3) is 0.250. The van der Waals surface area contributed by atoms with E-state index in [2.05, 4.69) is 15.4 Å². The maximum Gasteiger partial charge on any atom is 0.337 e. The van der Waals surface area contributed by atoms with Crippen LogP contribution in [-0.4, -0.2) is 24.9 Å². The average Bonchev–Trinajstić information content (AvgIpc) is 2.66. The molecule has 1 aliphatic rings. The first kappa shape index (κ1) is 17.7. The number of carbonyl (C=O) groups excluding carboxylic acids is 3. The lowest BCUT2D eigenvalue weighted by molar-refractivity contribution is -0.121. The van der Waals surface area contributed by atoms with E-state index >= 15 is 0 Å². The second-order valence-corrected chi connectivity index (χ2v) is 6.21. The second-order valence-electron chi connectivity index (χ2n) is 6.21. The van der Waals surface area contributed by atoms with Crippen LogP contribution in [0, 0.1) is 5.92 Å². The second kappa shape index (κ2) is 7.82. The number of methoxy groups -OCH3 is 1. The number of nitrogens with one attached hydrogen (secondary N) is 2. The summed E-state index contributed by atoms with van der Waals surface area (Å²) in [6.45, 7) is 0. The molecular formula is C20H20N2O4. The molecule has 2 aromatic carbocycles. The maximum atomic E-state index is 12.2. The molecule has 6 heteroatoms. The zero-order valence-electron chi connectivity index (χ0n) is 14.5. The van der Waals surface area contributed by atoms with E-state index in [-0.39, 0.29) is 24.2 Å². The van der Waals surface area contributed by atoms with Crippen LogP contribution in [0.1, 0.15) is 28.8 Å². The number of amides is 2. The van der Waals surface area contributed by atoms with Gasteiger partial charge in [-0.25, -0.2) is 4.79 Å². The first-order chi connectivity index (χ1) is 12.6. The highest BCUT2D eigenvalue weighted by molar-refractivity contribution is 5.97. The minimum Gasteiger partial charge on any atom is -0.465 e. The lowest BCUT2D eigenvalue weighted by atomic mass is 9.89. The molecule has 0 radical (unpaired) electrons. The van der Waals surface area contributed by atoms with E-state index in [1.54, 1.807) is 24.3 Å². The van der Waals surface area contributed by atoms with Crippen molar-refractivity contribution in [3.63, 3.8) is 0 Å². The molecule has 0 aromatic heterocycles. The topological polar surface area (TPSA) is 84.5 Å². The number of hydrogen-bond acceptors (Lipinski definition) is 4. The Morgan fingerprint density at radius 3 is 2.81 bits per heavy atom. The lowest BCUT2D eigenvalue weighted by Crippen LogP contribution is -2.30. The first-order valence-corrected chi connectivity index (χ1v) is 8.44. The minimum atomic E-state index is -0.460. The van der Waals surface area contributed by atoms with E-state index < -0.39 is 5.97 Å². The van der Waals surface area contributed by atoms with Crippen LogP contribution < -0.4 is 10.6 Å². The molecule has 0 saturated heterocycles. The predicted octanol–water partition coefficient (Wildman–Crippen LogP) is 3.00. The standard InChI is InChI=1S/C20H20N2O4/c1-26-20(25)15-6-4-7-16(12-15)21-18(23)10-9-14-11-13-5-2-3-8-17(13)22-19(14)24/h2-8,12,14H,9-11H2,1H3,(H,21,23)(H,22,24). The predicted molar refractivity (Wildman–Crippen MR) is 97.9 cm³/mol. The fourth-order valence-electron chi connectivity index (χ4n) is 3.02. The van der Waals surface area contributed by atoms with Gasteiger partial charge in [-0.15, -0.1) is 0 Å². The van der Waals surface area contributed by atoms with Gasteiger partial charge < -0.3 is 15.4 Å². The first-order valence-electron chi connectivity index (χ1n) is 8.44. The van der Waals surface area contributed by atoms with Crippen LogP contribution in [0.4, 0.5) is 11.4 Å². The van der Waals surface area contributed by atoms with Gasteiger partial charge in [-0.2, -0.15) is 0 Å². The zero-order valence-corrected chi connectivity index (χ0v) is 14.5. The molecule has 0 bridgehead atoms. The number of rotatable bonds is 5. The Morgan fingerprint density at radius 1 is 1.19 bits per heavy atom. The summed E-state index contributed by atoms with van der Waals surface area (Å²) < 4.78 is 4.67. The quantitative estimate of drug-likeness (QED) is 0.810. The number of ether oxygens (including phenoxy) is 1. The Bertz CT molecular complexity index is 847. The number of benzene rings is 2. The van der Waals surface area contributed by atoms with Gasteiger partial charge in [0.15, 0.2) is 0 Å². The van der Waals surface area contributed by atoms with Gasteiger partial charge in [-0.3, -0.25) is 9.59 Å². The number of anilines is 2. The Labute approximate surface area is 151 Å². The molecular weight excluding hydrogens is 332 g/mol. The molecule has 1 unspecified atom stereocenters. The van der Waals surface area contributed by atoms with Gasteiger partial charge in [0, 0.05) is 23.7 Å². The molecule has 2 N–H and O–H groups in total. The molecule has 0 fully saturated rings. The van der Waals surface area contributed by atoms with Crippen LogP contribution in [0.15, 0.2) is 48.5 Å². The van der Waals surface area contributed by atoms with Crippen molar-refractivity contribution in [1.29, 1.82) is 0 Å². The van der Waals surface area contributed by atoms with E-state index in [0.29, 0.717) is 24.1 Å². The summed E-state index contributed by atoms with van der Waals surface area (Å²) in [6, 6.07) is 14.2. The minimum absolute atomic E-state index is 0.0517. The molecule has 0 saturated carbocycles. The largest absolute Gasteiger partial charge is 0.465 e. The van der Waals surface area contributed by atoms with Crippen LogP contribution >= 0.6 is 0 Å². The van der Waals surface area contributed by atoms with Crippen LogP contribution in [0.25, 0.3) is 0 Å². The van der Waals surface area contributed by atoms with E-state index in [1.165, 1.54) is 7.11 Å². The molecule has 26 heavy (non-hydrogen) atoms. The summed E-state index contributed by atoms with van der Waals surface area (Å²) in [5, 5.41) is 5.64. The van der Waals surface area contributed by atoms with Gasteiger partial charge in [0.2, 0.25) is 11.8 Å². The van der Waals surface area contributed by atoms with Gasteiger partial charge in [0.25, 0.3) is 0 Å². The van der Waals surface area contributed by atoms with E-state index in [0.717, 1.165) is 11.3 Å². The third-order valence-corrected chi connectivity index (χ3v) is 4.40. The van der Waals surface area contributed by atoms with Crippen molar-refractivity contribution < 1.29 is 19.1 Å². The van der Waals surface area contributed by atoms with Crippen molar-refractivity contribution in [1.82, 2.24) is 0 Å². The molecule has 1 heterocycles. The Kier molecular flexibility index (Phi) is 5.31. The number of carbonyl (C=O) groups is 3. The number of hydrogen-bond donors (Lipinski definition) is 2. The maximum absolute atomic E-state index is 12.2. The summed E-state index contributed by atoms with van der Waals surface area (Å²) in [7, 11) is 1.31. The average molecular weight is 352 g/mol. The van der Waals surface area contributed by atoms with Crippen LogP contribution in [-0.2, 0) is 20.7 Å². The molecule has 6 nitrogen and oxygen atoms in total. The van der Waals surface area contributed by atoms with Gasteiger partial charge in [0.1, 0.15) is 0 Å². The Morgan fingerprint density at radius 2 is 2.00 bits per heavy atom. The van der Waals surface area contributed by atoms with E-state index in [4.69, 9.17) is 0 Å². The van der Waals surface area contributed by atoms with Crippen molar-refractivity contribution in [3.8, 4) is 0 Å². The van der Waals surface area contributed by atoms with Crippen molar-refractivity contribution >= 4 is 29.2 Å². The van der Waals surface area contributed by atoms with E-state index in [9.17, 15) is 14.4 Å². The highest BCUT2D eigenvalue weighted by Gasteiger charge is 2.26. The molecule has 3 rings (SSSR count).